The van der Waals surface area contributed by atoms with Crippen molar-refractivity contribution in [3.05, 3.63) is 64.7 Å². The highest BCUT2D eigenvalue weighted by Gasteiger charge is 2.19. The number of benzene rings is 2. The molecule has 1 aliphatic heterocycles. The molecule has 3 rings (SSSR count). The molecular weight excluding hydrogens is 336 g/mol. The van der Waals surface area contributed by atoms with Crippen molar-refractivity contribution in [2.24, 2.45) is 10.7 Å². The second-order valence-corrected chi connectivity index (χ2v) is 7.21. The Bertz CT molecular complexity index is 824. The summed E-state index contributed by atoms with van der Waals surface area (Å²) >= 11 is 0. The van der Waals surface area contributed by atoms with Gasteiger partial charge in [-0.1, -0.05) is 30.3 Å². The molecule has 0 radical (unpaired) electrons. The van der Waals surface area contributed by atoms with E-state index in [-0.39, 0.29) is 5.91 Å². The average molecular weight is 364 g/mol. The Morgan fingerprint density at radius 3 is 2.59 bits per heavy atom. The largest absolute Gasteiger partial charge is 0.370 e. The number of nitrogens with one attached hydrogen (secondary N) is 1. The third-order valence-corrected chi connectivity index (χ3v) is 4.81. The summed E-state index contributed by atoms with van der Waals surface area (Å²) in [5, 5.41) is 3.12. The van der Waals surface area contributed by atoms with E-state index in [2.05, 4.69) is 48.4 Å². The van der Waals surface area contributed by atoms with Crippen LogP contribution in [0, 0.1) is 13.8 Å². The minimum absolute atomic E-state index is 0.195. The molecule has 2 aromatic carbocycles. The van der Waals surface area contributed by atoms with Crippen molar-refractivity contribution in [3.8, 4) is 0 Å². The maximum Gasteiger partial charge on any atom is 0.222 e. The maximum atomic E-state index is 12.4. The minimum Gasteiger partial charge on any atom is -0.370 e. The van der Waals surface area contributed by atoms with E-state index in [0.29, 0.717) is 31.9 Å². The Labute approximate surface area is 161 Å². The van der Waals surface area contributed by atoms with Crippen LogP contribution in [0.4, 0.5) is 5.69 Å². The summed E-state index contributed by atoms with van der Waals surface area (Å²) in [7, 11) is 0. The Balaban J connectivity index is 1.44. The van der Waals surface area contributed by atoms with Gasteiger partial charge in [-0.25, -0.2) is 0 Å². The molecule has 142 valence electrons. The van der Waals surface area contributed by atoms with Gasteiger partial charge in [-0.3, -0.25) is 9.79 Å². The molecule has 0 bridgehead atoms. The number of nitrogens with two attached hydrogens (primary N) is 1. The van der Waals surface area contributed by atoms with E-state index < -0.39 is 0 Å². The van der Waals surface area contributed by atoms with E-state index >= 15 is 0 Å². The number of amides is 1. The molecule has 0 spiro atoms. The second-order valence-electron chi connectivity index (χ2n) is 7.21. The van der Waals surface area contributed by atoms with Gasteiger partial charge in [0.05, 0.1) is 0 Å². The molecule has 0 fully saturated rings. The first-order chi connectivity index (χ1) is 13.0. The van der Waals surface area contributed by atoms with E-state index in [1.54, 1.807) is 0 Å². The molecule has 5 heteroatoms. The average Bonchev–Trinajstić information content (AvgIpc) is 2.63. The molecule has 0 aromatic heterocycles. The third kappa shape index (κ3) is 5.33. The predicted molar refractivity (Wildman–Crippen MR) is 111 cm³/mol. The SMILES string of the molecule is Cc1cc(C)cc(NC(N)=NCCCC(=O)N2CCc3ccccc3C2)c1. The topological polar surface area (TPSA) is 70.7 Å². The number of anilines is 1. The van der Waals surface area contributed by atoms with Crippen molar-refractivity contribution in [1.29, 1.82) is 0 Å². The lowest BCUT2D eigenvalue weighted by Gasteiger charge is -2.28. The Hall–Kier alpha value is -2.82. The molecule has 0 unspecified atom stereocenters. The van der Waals surface area contributed by atoms with E-state index in [1.807, 2.05) is 23.1 Å². The van der Waals surface area contributed by atoms with Crippen molar-refractivity contribution in [2.45, 2.75) is 39.7 Å². The van der Waals surface area contributed by atoms with Crippen LogP contribution in [0.2, 0.25) is 0 Å². The fraction of sp³-hybridized carbons (Fsp3) is 0.364. The van der Waals surface area contributed by atoms with Gasteiger partial charge in [0.25, 0.3) is 0 Å². The van der Waals surface area contributed by atoms with E-state index in [4.69, 9.17) is 5.73 Å². The summed E-state index contributed by atoms with van der Waals surface area (Å²) in [6, 6.07) is 14.5. The maximum absolute atomic E-state index is 12.4. The quantitative estimate of drug-likeness (QED) is 0.485. The Morgan fingerprint density at radius 1 is 1.15 bits per heavy atom. The molecule has 3 N–H and O–H groups in total. The number of carbonyl (C=O) groups excluding carboxylic acids is 1. The van der Waals surface area contributed by atoms with Crippen LogP contribution in [0.15, 0.2) is 47.5 Å². The summed E-state index contributed by atoms with van der Waals surface area (Å²) < 4.78 is 0. The highest BCUT2D eigenvalue weighted by molar-refractivity contribution is 5.92. The first-order valence-corrected chi connectivity index (χ1v) is 9.51. The van der Waals surface area contributed by atoms with Gasteiger partial charge >= 0.3 is 0 Å². The number of aryl methyl sites for hydroxylation is 2. The van der Waals surface area contributed by atoms with Crippen molar-refractivity contribution >= 4 is 17.6 Å². The van der Waals surface area contributed by atoms with Crippen LogP contribution in [-0.2, 0) is 17.8 Å². The van der Waals surface area contributed by atoms with Gasteiger partial charge in [0.1, 0.15) is 0 Å². The first kappa shape index (κ1) is 19.0. The van der Waals surface area contributed by atoms with Gasteiger partial charge in [0.15, 0.2) is 5.96 Å². The molecule has 0 saturated carbocycles. The standard InChI is InChI=1S/C22H28N4O/c1-16-12-17(2)14-20(13-16)25-22(23)24-10-5-8-21(27)26-11-9-18-6-3-4-7-19(18)15-26/h3-4,6-7,12-14H,5,8-11,15H2,1-2H3,(H3,23,24,25). The summed E-state index contributed by atoms with van der Waals surface area (Å²) in [6.07, 6.45) is 2.14. The Kier molecular flexibility index (Phi) is 6.12. The molecule has 27 heavy (non-hydrogen) atoms. The number of carbonyl (C=O) groups is 1. The zero-order valence-electron chi connectivity index (χ0n) is 16.2. The summed E-state index contributed by atoms with van der Waals surface area (Å²) in [5.74, 6) is 0.583. The van der Waals surface area contributed by atoms with Gasteiger partial charge in [-0.05, 0) is 61.1 Å². The molecule has 5 nitrogen and oxygen atoms in total. The Morgan fingerprint density at radius 2 is 1.85 bits per heavy atom. The third-order valence-electron chi connectivity index (χ3n) is 4.81. The van der Waals surface area contributed by atoms with Crippen molar-refractivity contribution in [2.75, 3.05) is 18.4 Å². The van der Waals surface area contributed by atoms with Crippen LogP contribution in [0.5, 0.6) is 0 Å². The van der Waals surface area contributed by atoms with Gasteiger partial charge < -0.3 is 16.0 Å². The van der Waals surface area contributed by atoms with Gasteiger partial charge in [-0.2, -0.15) is 0 Å². The fourth-order valence-electron chi connectivity index (χ4n) is 3.53. The number of rotatable bonds is 5. The lowest BCUT2D eigenvalue weighted by molar-refractivity contribution is -0.132. The number of aliphatic imine (C=N–C) groups is 1. The fourth-order valence-corrected chi connectivity index (χ4v) is 3.53. The summed E-state index contributed by atoms with van der Waals surface area (Å²) in [4.78, 5) is 18.7. The predicted octanol–water partition coefficient (Wildman–Crippen LogP) is 3.40. The number of hydrogen-bond donors (Lipinski definition) is 2. The van der Waals surface area contributed by atoms with Crippen LogP contribution in [0.3, 0.4) is 0 Å². The molecule has 1 heterocycles. The van der Waals surface area contributed by atoms with Crippen LogP contribution in [-0.4, -0.2) is 29.9 Å². The van der Waals surface area contributed by atoms with E-state index in [0.717, 1.165) is 18.7 Å². The minimum atomic E-state index is 0.195. The van der Waals surface area contributed by atoms with Gasteiger partial charge in [-0.15, -0.1) is 0 Å². The number of hydrogen-bond acceptors (Lipinski definition) is 2. The smallest absolute Gasteiger partial charge is 0.222 e. The van der Waals surface area contributed by atoms with E-state index in [1.165, 1.54) is 22.3 Å². The van der Waals surface area contributed by atoms with E-state index in [9.17, 15) is 4.79 Å². The van der Waals surface area contributed by atoms with Crippen molar-refractivity contribution in [3.63, 3.8) is 0 Å². The van der Waals surface area contributed by atoms with Crippen molar-refractivity contribution < 1.29 is 4.79 Å². The monoisotopic (exact) mass is 364 g/mol. The second kappa shape index (κ2) is 8.71. The summed E-state index contributed by atoms with van der Waals surface area (Å²) in [6.45, 7) is 6.16. The molecule has 1 amide bonds. The summed E-state index contributed by atoms with van der Waals surface area (Å²) in [5.41, 5.74) is 11.9. The molecule has 2 aromatic rings. The number of nitrogens with zero attached hydrogens (tertiary/aromatic N) is 2. The van der Waals surface area contributed by atoms with Crippen LogP contribution in [0.1, 0.15) is 35.1 Å². The molecule has 0 atom stereocenters. The van der Waals surface area contributed by atoms with Crippen molar-refractivity contribution in [1.82, 2.24) is 4.90 Å². The zero-order chi connectivity index (χ0) is 19.2. The highest BCUT2D eigenvalue weighted by Crippen LogP contribution is 2.19. The lowest BCUT2D eigenvalue weighted by Crippen LogP contribution is -2.35. The normalized spacial score (nSPS) is 14.0. The van der Waals surface area contributed by atoms with Gasteiger partial charge in [0.2, 0.25) is 5.91 Å². The number of fused-ring (bicyclic) bond motifs is 1. The van der Waals surface area contributed by atoms with Gasteiger partial charge in [0, 0.05) is 31.7 Å². The number of guanidine groups is 1. The molecule has 0 saturated heterocycles. The van der Waals surface area contributed by atoms with Crippen LogP contribution >= 0.6 is 0 Å². The van der Waals surface area contributed by atoms with Crippen LogP contribution < -0.4 is 11.1 Å². The lowest BCUT2D eigenvalue weighted by atomic mass is 9.99. The molecule has 0 aliphatic carbocycles. The van der Waals surface area contributed by atoms with Crippen LogP contribution in [0.25, 0.3) is 0 Å². The first-order valence-electron chi connectivity index (χ1n) is 9.51. The molecule has 1 aliphatic rings. The molecular formula is C22H28N4O. The zero-order valence-corrected chi connectivity index (χ0v) is 16.2. The highest BCUT2D eigenvalue weighted by atomic mass is 16.2.